The van der Waals surface area contributed by atoms with Gasteiger partial charge in [-0.05, 0) is 48.5 Å². The van der Waals surface area contributed by atoms with Crippen LogP contribution in [0.5, 0.6) is 5.75 Å². The molecule has 0 amide bonds. The van der Waals surface area contributed by atoms with Crippen molar-refractivity contribution in [1.29, 1.82) is 0 Å². The van der Waals surface area contributed by atoms with Crippen molar-refractivity contribution < 1.29 is 4.74 Å². The number of aryl methyl sites for hydroxylation is 1. The Morgan fingerprint density at radius 1 is 1.33 bits per heavy atom. The van der Waals surface area contributed by atoms with Crippen LogP contribution < -0.4 is 10.1 Å². The third kappa shape index (κ3) is 3.09. The van der Waals surface area contributed by atoms with Crippen molar-refractivity contribution in [3.63, 3.8) is 0 Å². The normalized spacial score (nSPS) is 15.6. The summed E-state index contributed by atoms with van der Waals surface area (Å²) in [6, 6.07) is 8.55. The van der Waals surface area contributed by atoms with Crippen molar-refractivity contribution in [1.82, 2.24) is 5.32 Å². The molecule has 1 aliphatic heterocycles. The highest BCUT2D eigenvalue weighted by Crippen LogP contribution is 2.37. The Morgan fingerprint density at radius 2 is 2.19 bits per heavy atom. The molecule has 1 unspecified atom stereocenters. The van der Waals surface area contributed by atoms with Gasteiger partial charge in [-0.2, -0.15) is 11.8 Å². The molecule has 3 rings (SSSR count). The minimum Gasteiger partial charge on any atom is -0.495 e. The molecular weight excluding hydrogens is 322 g/mol. The molecule has 1 N–H and O–H groups in total. The predicted octanol–water partition coefficient (Wildman–Crippen LogP) is 4.51. The summed E-state index contributed by atoms with van der Waals surface area (Å²) >= 11 is 10.1. The van der Waals surface area contributed by atoms with E-state index in [1.807, 2.05) is 42.3 Å². The number of nitrogens with one attached hydrogen (secondary N) is 1. The first-order chi connectivity index (χ1) is 10.2. The molecule has 0 saturated carbocycles. The maximum Gasteiger partial charge on any atom is 0.137 e. The largest absolute Gasteiger partial charge is 0.495 e. The molecule has 21 heavy (non-hydrogen) atoms. The fourth-order valence-electron chi connectivity index (χ4n) is 2.64. The van der Waals surface area contributed by atoms with E-state index < -0.39 is 0 Å². The van der Waals surface area contributed by atoms with Gasteiger partial charge in [-0.1, -0.05) is 17.7 Å². The minimum atomic E-state index is 0.191. The van der Waals surface area contributed by atoms with Gasteiger partial charge < -0.3 is 10.1 Å². The molecular formula is C16H18ClNOS2. The minimum absolute atomic E-state index is 0.191. The standard InChI is InChI=1S/C16H18ClNOS2/c1-18-16(10-3-4-12(17)13(7-10)19-2)15-8-11-9-20-6-5-14(11)21-15/h3-4,7-8,16,18H,5-6,9H2,1-2H3. The van der Waals surface area contributed by atoms with Crippen LogP contribution in [0.2, 0.25) is 5.02 Å². The fraction of sp³-hybridized carbons (Fsp3) is 0.375. The van der Waals surface area contributed by atoms with Crippen LogP contribution in [0.4, 0.5) is 0 Å². The Bertz CT molecular complexity index is 618. The van der Waals surface area contributed by atoms with E-state index >= 15 is 0 Å². The summed E-state index contributed by atoms with van der Waals surface area (Å²) in [5, 5.41) is 4.07. The molecule has 0 fully saturated rings. The van der Waals surface area contributed by atoms with Gasteiger partial charge in [0.25, 0.3) is 0 Å². The highest BCUT2D eigenvalue weighted by molar-refractivity contribution is 7.98. The summed E-state index contributed by atoms with van der Waals surface area (Å²) in [5.74, 6) is 3.12. The van der Waals surface area contributed by atoms with E-state index in [1.165, 1.54) is 28.2 Å². The molecule has 0 saturated heterocycles. The van der Waals surface area contributed by atoms with Gasteiger partial charge in [0.2, 0.25) is 0 Å². The maximum atomic E-state index is 6.13. The lowest BCUT2D eigenvalue weighted by atomic mass is 10.0. The highest BCUT2D eigenvalue weighted by Gasteiger charge is 2.20. The number of halogens is 1. The zero-order valence-corrected chi connectivity index (χ0v) is 14.5. The summed E-state index contributed by atoms with van der Waals surface area (Å²) < 4.78 is 5.34. The molecule has 1 aromatic carbocycles. The van der Waals surface area contributed by atoms with E-state index in [0.29, 0.717) is 5.02 Å². The number of benzene rings is 1. The van der Waals surface area contributed by atoms with Gasteiger partial charge in [0.15, 0.2) is 0 Å². The number of methoxy groups -OCH3 is 1. The first-order valence-corrected chi connectivity index (χ1v) is 9.27. The molecule has 0 spiro atoms. The molecule has 0 radical (unpaired) electrons. The number of hydrogen-bond donors (Lipinski definition) is 1. The SMILES string of the molecule is CNC(c1ccc(Cl)c(OC)c1)c1cc2c(s1)CCSC2. The topological polar surface area (TPSA) is 21.3 Å². The van der Waals surface area contributed by atoms with Gasteiger partial charge in [-0.3, -0.25) is 0 Å². The number of fused-ring (bicyclic) bond motifs is 1. The van der Waals surface area contributed by atoms with Crippen molar-refractivity contribution >= 4 is 34.7 Å². The van der Waals surface area contributed by atoms with Crippen LogP contribution in [-0.2, 0) is 12.2 Å². The zero-order valence-electron chi connectivity index (χ0n) is 12.1. The van der Waals surface area contributed by atoms with Crippen LogP contribution >= 0.6 is 34.7 Å². The predicted molar refractivity (Wildman–Crippen MR) is 93.1 cm³/mol. The Balaban J connectivity index is 1.96. The van der Waals surface area contributed by atoms with Crippen LogP contribution in [0.15, 0.2) is 24.3 Å². The molecule has 2 aromatic rings. The Hall–Kier alpha value is -0.680. The van der Waals surface area contributed by atoms with E-state index in [0.717, 1.165) is 11.5 Å². The Kier molecular flexibility index (Phi) is 4.79. The van der Waals surface area contributed by atoms with E-state index in [2.05, 4.69) is 17.4 Å². The summed E-state index contributed by atoms with van der Waals surface area (Å²) in [5.41, 5.74) is 2.69. The van der Waals surface area contributed by atoms with E-state index in [9.17, 15) is 0 Å². The molecule has 0 bridgehead atoms. The average Bonchev–Trinajstić information content (AvgIpc) is 2.93. The molecule has 112 valence electrons. The number of rotatable bonds is 4. The van der Waals surface area contributed by atoms with Crippen molar-refractivity contribution in [2.75, 3.05) is 19.9 Å². The second-order valence-electron chi connectivity index (χ2n) is 5.02. The first-order valence-electron chi connectivity index (χ1n) is 6.93. The molecule has 1 aromatic heterocycles. The van der Waals surface area contributed by atoms with Gasteiger partial charge in [0.1, 0.15) is 5.75 Å². The third-order valence-electron chi connectivity index (χ3n) is 3.73. The monoisotopic (exact) mass is 339 g/mol. The molecule has 5 heteroatoms. The lowest BCUT2D eigenvalue weighted by Crippen LogP contribution is -2.16. The van der Waals surface area contributed by atoms with Crippen LogP contribution in [0.1, 0.15) is 26.9 Å². The second kappa shape index (κ2) is 6.61. The lowest BCUT2D eigenvalue weighted by Gasteiger charge is -2.16. The van der Waals surface area contributed by atoms with E-state index in [1.54, 1.807) is 12.0 Å². The van der Waals surface area contributed by atoms with Crippen molar-refractivity contribution in [3.8, 4) is 5.75 Å². The van der Waals surface area contributed by atoms with Gasteiger partial charge in [-0.25, -0.2) is 0 Å². The third-order valence-corrected chi connectivity index (χ3v) is 6.35. The van der Waals surface area contributed by atoms with Crippen LogP contribution in [0.25, 0.3) is 0 Å². The van der Waals surface area contributed by atoms with Gasteiger partial charge in [-0.15, -0.1) is 11.3 Å². The molecule has 1 atom stereocenters. The molecule has 1 aliphatic rings. The number of hydrogen-bond acceptors (Lipinski definition) is 4. The quantitative estimate of drug-likeness (QED) is 0.885. The summed E-state index contributed by atoms with van der Waals surface area (Å²) in [6.07, 6.45) is 1.20. The number of thiophene rings is 1. The van der Waals surface area contributed by atoms with Crippen molar-refractivity contribution in [3.05, 3.63) is 50.2 Å². The van der Waals surface area contributed by atoms with Gasteiger partial charge >= 0.3 is 0 Å². The fourth-order valence-corrected chi connectivity index (χ4v) is 5.35. The molecule has 2 heterocycles. The Labute approximate surface area is 138 Å². The van der Waals surface area contributed by atoms with E-state index in [4.69, 9.17) is 16.3 Å². The van der Waals surface area contributed by atoms with Crippen LogP contribution in [0, 0.1) is 0 Å². The number of ether oxygens (including phenoxy) is 1. The molecule has 2 nitrogen and oxygen atoms in total. The van der Waals surface area contributed by atoms with E-state index in [-0.39, 0.29) is 6.04 Å². The summed E-state index contributed by atoms with van der Waals surface area (Å²) in [6.45, 7) is 0. The second-order valence-corrected chi connectivity index (χ2v) is 7.70. The number of thioether (sulfide) groups is 1. The average molecular weight is 340 g/mol. The first kappa shape index (κ1) is 15.2. The van der Waals surface area contributed by atoms with Crippen LogP contribution in [0.3, 0.4) is 0 Å². The molecule has 0 aliphatic carbocycles. The highest BCUT2D eigenvalue weighted by atomic mass is 35.5. The van der Waals surface area contributed by atoms with Crippen molar-refractivity contribution in [2.24, 2.45) is 0 Å². The summed E-state index contributed by atoms with van der Waals surface area (Å²) in [4.78, 5) is 2.92. The van der Waals surface area contributed by atoms with Crippen molar-refractivity contribution in [2.45, 2.75) is 18.2 Å². The summed E-state index contributed by atoms with van der Waals surface area (Å²) in [7, 11) is 3.65. The lowest BCUT2D eigenvalue weighted by molar-refractivity contribution is 0.414. The van der Waals surface area contributed by atoms with Crippen LogP contribution in [-0.4, -0.2) is 19.9 Å². The maximum absolute atomic E-state index is 6.13. The Morgan fingerprint density at radius 3 is 2.90 bits per heavy atom. The van der Waals surface area contributed by atoms with Gasteiger partial charge in [0, 0.05) is 15.5 Å². The van der Waals surface area contributed by atoms with Gasteiger partial charge in [0.05, 0.1) is 18.2 Å². The zero-order chi connectivity index (χ0) is 14.8. The smallest absolute Gasteiger partial charge is 0.137 e.